The number of piperidine rings is 1. The lowest BCUT2D eigenvalue weighted by Crippen LogP contribution is -2.46. The Kier molecular flexibility index (Phi) is 5.26. The van der Waals surface area contributed by atoms with Crippen molar-refractivity contribution < 1.29 is 16.8 Å². The van der Waals surface area contributed by atoms with E-state index >= 15 is 0 Å². The van der Waals surface area contributed by atoms with E-state index in [1.165, 1.54) is 4.31 Å². The molecule has 0 spiro atoms. The van der Waals surface area contributed by atoms with Gasteiger partial charge in [-0.05, 0) is 38.3 Å². The van der Waals surface area contributed by atoms with Crippen molar-refractivity contribution in [1.29, 1.82) is 0 Å². The molecule has 1 heterocycles. The van der Waals surface area contributed by atoms with Crippen LogP contribution < -0.4 is 4.72 Å². The van der Waals surface area contributed by atoms with Crippen molar-refractivity contribution in [2.75, 3.05) is 18.8 Å². The molecule has 1 fully saturated rings. The van der Waals surface area contributed by atoms with Crippen LogP contribution in [0.2, 0.25) is 0 Å². The Bertz CT molecular complexity index is 721. The molecule has 6 nitrogen and oxygen atoms in total. The fourth-order valence-electron chi connectivity index (χ4n) is 2.54. The zero-order valence-corrected chi connectivity index (χ0v) is 14.5. The molecular formula is C14H22N2O4S2. The smallest absolute Gasteiger partial charge is 0.212 e. The van der Waals surface area contributed by atoms with Crippen LogP contribution >= 0.6 is 0 Å². The molecule has 0 bridgehead atoms. The van der Waals surface area contributed by atoms with Gasteiger partial charge in [0.25, 0.3) is 0 Å². The van der Waals surface area contributed by atoms with E-state index in [1.807, 2.05) is 0 Å². The van der Waals surface area contributed by atoms with E-state index < -0.39 is 20.0 Å². The summed E-state index contributed by atoms with van der Waals surface area (Å²) in [4.78, 5) is 0.322. The number of benzene rings is 1. The van der Waals surface area contributed by atoms with Crippen molar-refractivity contribution in [3.63, 3.8) is 0 Å². The summed E-state index contributed by atoms with van der Waals surface area (Å²) in [7, 11) is -6.76. The van der Waals surface area contributed by atoms with Gasteiger partial charge in [0.05, 0.1) is 10.6 Å². The number of hydrogen-bond acceptors (Lipinski definition) is 4. The summed E-state index contributed by atoms with van der Waals surface area (Å²) in [5, 5.41) is 0. The predicted molar refractivity (Wildman–Crippen MR) is 85.6 cm³/mol. The zero-order valence-electron chi connectivity index (χ0n) is 12.8. The highest BCUT2D eigenvalue weighted by Crippen LogP contribution is 2.23. The summed E-state index contributed by atoms with van der Waals surface area (Å²) in [6, 6.07) is 6.71. The van der Waals surface area contributed by atoms with E-state index in [9.17, 15) is 16.8 Å². The zero-order chi connectivity index (χ0) is 16.4. The number of nitrogens with zero attached hydrogens (tertiary/aromatic N) is 1. The van der Waals surface area contributed by atoms with E-state index in [4.69, 9.17) is 0 Å². The number of aryl methyl sites for hydroxylation is 1. The van der Waals surface area contributed by atoms with Crippen LogP contribution in [0, 0.1) is 6.92 Å². The van der Waals surface area contributed by atoms with Gasteiger partial charge in [-0.3, -0.25) is 0 Å². The molecule has 0 amide bonds. The van der Waals surface area contributed by atoms with Gasteiger partial charge in [0.1, 0.15) is 0 Å². The fraction of sp³-hybridized carbons (Fsp3) is 0.571. The second-order valence-electron chi connectivity index (χ2n) is 5.47. The summed E-state index contributed by atoms with van der Waals surface area (Å²) in [6.45, 7) is 4.01. The Morgan fingerprint density at radius 1 is 1.14 bits per heavy atom. The number of rotatable bonds is 5. The molecule has 8 heteroatoms. The molecule has 1 N–H and O–H groups in total. The van der Waals surface area contributed by atoms with Gasteiger partial charge in [-0.2, -0.15) is 4.31 Å². The Morgan fingerprint density at radius 2 is 1.73 bits per heavy atom. The van der Waals surface area contributed by atoms with Gasteiger partial charge in [0.2, 0.25) is 20.0 Å². The third kappa shape index (κ3) is 3.87. The van der Waals surface area contributed by atoms with Gasteiger partial charge in [0.15, 0.2) is 0 Å². The van der Waals surface area contributed by atoms with E-state index in [0.717, 1.165) is 5.56 Å². The second-order valence-corrected chi connectivity index (χ2v) is 9.41. The largest absolute Gasteiger partial charge is 0.243 e. The lowest BCUT2D eigenvalue weighted by molar-refractivity contribution is 0.308. The topological polar surface area (TPSA) is 83.6 Å². The average molecular weight is 346 g/mol. The monoisotopic (exact) mass is 346 g/mol. The normalized spacial score (nSPS) is 18.5. The lowest BCUT2D eigenvalue weighted by atomic mass is 10.1. The Hall–Kier alpha value is -0.960. The molecule has 0 atom stereocenters. The summed E-state index contributed by atoms with van der Waals surface area (Å²) in [5.74, 6) is 0.0364. The van der Waals surface area contributed by atoms with Crippen LogP contribution in [0.4, 0.5) is 0 Å². The van der Waals surface area contributed by atoms with Gasteiger partial charge < -0.3 is 0 Å². The van der Waals surface area contributed by atoms with E-state index in [0.29, 0.717) is 30.8 Å². The quantitative estimate of drug-likeness (QED) is 0.865. The second kappa shape index (κ2) is 6.66. The van der Waals surface area contributed by atoms with Crippen LogP contribution in [0.1, 0.15) is 25.3 Å². The first-order valence-corrected chi connectivity index (χ1v) is 10.4. The average Bonchev–Trinajstić information content (AvgIpc) is 2.48. The van der Waals surface area contributed by atoms with Crippen LogP contribution in [0.3, 0.4) is 0 Å². The highest BCUT2D eigenvalue weighted by molar-refractivity contribution is 7.89. The SMILES string of the molecule is CCS(=O)(=O)NC1CCN(S(=O)(=O)c2ccccc2C)CC1. The first-order valence-electron chi connectivity index (χ1n) is 7.32. The minimum atomic E-state index is -3.51. The molecule has 1 saturated heterocycles. The Labute approximate surface area is 132 Å². The van der Waals surface area contributed by atoms with Crippen molar-refractivity contribution in [1.82, 2.24) is 9.03 Å². The van der Waals surface area contributed by atoms with Crippen molar-refractivity contribution in [3.05, 3.63) is 29.8 Å². The number of hydrogen-bond donors (Lipinski definition) is 1. The summed E-state index contributed by atoms with van der Waals surface area (Å²) in [5.41, 5.74) is 0.719. The maximum atomic E-state index is 12.6. The molecule has 1 aliphatic heterocycles. The van der Waals surface area contributed by atoms with E-state index in [2.05, 4.69) is 4.72 Å². The molecule has 2 rings (SSSR count). The highest BCUT2D eigenvalue weighted by Gasteiger charge is 2.31. The number of sulfonamides is 2. The predicted octanol–water partition coefficient (Wildman–Crippen LogP) is 1.09. The third-order valence-corrected chi connectivity index (χ3v) is 7.40. The maximum Gasteiger partial charge on any atom is 0.243 e. The van der Waals surface area contributed by atoms with Crippen molar-refractivity contribution in [3.8, 4) is 0 Å². The van der Waals surface area contributed by atoms with Crippen LogP contribution in [0.15, 0.2) is 29.2 Å². The Morgan fingerprint density at radius 3 is 2.27 bits per heavy atom. The van der Waals surface area contributed by atoms with Gasteiger partial charge in [-0.1, -0.05) is 18.2 Å². The fourth-order valence-corrected chi connectivity index (χ4v) is 5.14. The molecule has 22 heavy (non-hydrogen) atoms. The first-order chi connectivity index (χ1) is 10.3. The minimum absolute atomic E-state index is 0.0364. The molecule has 124 valence electrons. The van der Waals surface area contributed by atoms with Crippen LogP contribution in [0.5, 0.6) is 0 Å². The molecule has 0 aromatic heterocycles. The van der Waals surface area contributed by atoms with Crippen LogP contribution in [-0.4, -0.2) is 46.0 Å². The van der Waals surface area contributed by atoms with Gasteiger partial charge in [-0.25, -0.2) is 21.6 Å². The molecule has 0 aliphatic carbocycles. The number of nitrogens with one attached hydrogen (secondary N) is 1. The van der Waals surface area contributed by atoms with Gasteiger partial charge in [-0.15, -0.1) is 0 Å². The lowest BCUT2D eigenvalue weighted by Gasteiger charge is -2.31. The molecule has 0 unspecified atom stereocenters. The van der Waals surface area contributed by atoms with E-state index in [-0.39, 0.29) is 11.8 Å². The molecule has 1 aromatic rings. The van der Waals surface area contributed by atoms with Gasteiger partial charge >= 0.3 is 0 Å². The molecule has 0 saturated carbocycles. The first kappa shape index (κ1) is 17.4. The van der Waals surface area contributed by atoms with Crippen LogP contribution in [-0.2, 0) is 20.0 Å². The van der Waals surface area contributed by atoms with Crippen molar-refractivity contribution >= 4 is 20.0 Å². The third-order valence-electron chi connectivity index (χ3n) is 3.89. The van der Waals surface area contributed by atoms with Crippen molar-refractivity contribution in [2.45, 2.75) is 37.6 Å². The van der Waals surface area contributed by atoms with Crippen molar-refractivity contribution in [2.24, 2.45) is 0 Å². The Balaban J connectivity index is 2.07. The maximum absolute atomic E-state index is 12.6. The van der Waals surface area contributed by atoms with Crippen LogP contribution in [0.25, 0.3) is 0 Å². The van der Waals surface area contributed by atoms with E-state index in [1.54, 1.807) is 38.1 Å². The highest BCUT2D eigenvalue weighted by atomic mass is 32.2. The summed E-state index contributed by atoms with van der Waals surface area (Å²) < 4.78 is 52.5. The summed E-state index contributed by atoms with van der Waals surface area (Å²) in [6.07, 6.45) is 0.981. The standard InChI is InChI=1S/C14H22N2O4S2/c1-3-21(17,18)15-13-8-10-16(11-9-13)22(19,20)14-7-5-4-6-12(14)2/h4-7,13,15H,3,8-11H2,1-2H3. The summed E-state index contributed by atoms with van der Waals surface area (Å²) >= 11 is 0. The molecule has 0 radical (unpaired) electrons. The molecule has 1 aromatic carbocycles. The van der Waals surface area contributed by atoms with Gasteiger partial charge in [0, 0.05) is 19.1 Å². The molecular weight excluding hydrogens is 324 g/mol. The minimum Gasteiger partial charge on any atom is -0.212 e. The molecule has 1 aliphatic rings.